The summed E-state index contributed by atoms with van der Waals surface area (Å²) in [6.45, 7) is 0. The summed E-state index contributed by atoms with van der Waals surface area (Å²) >= 11 is 0. The average molecular weight is 350 g/mol. The zero-order valence-corrected chi connectivity index (χ0v) is 14.9. The summed E-state index contributed by atoms with van der Waals surface area (Å²) in [4.78, 5) is 12.5. The molecule has 0 aliphatic heterocycles. The van der Waals surface area contributed by atoms with Crippen LogP contribution < -0.4 is 10.6 Å². The fourth-order valence-electron chi connectivity index (χ4n) is 4.37. The lowest BCUT2D eigenvalue weighted by Crippen LogP contribution is -2.37. The fourth-order valence-corrected chi connectivity index (χ4v) is 4.37. The van der Waals surface area contributed by atoms with E-state index in [-0.39, 0.29) is 18.2 Å². The summed E-state index contributed by atoms with van der Waals surface area (Å²) in [6, 6.07) is 16.6. The van der Waals surface area contributed by atoms with Crippen LogP contribution in [0.5, 0.6) is 0 Å². The third-order valence-corrected chi connectivity index (χ3v) is 5.75. The van der Waals surface area contributed by atoms with Crippen LogP contribution in [0, 0.1) is 0 Å². The molecule has 2 amide bonds. The molecule has 2 aromatic carbocycles. The minimum atomic E-state index is -0.310. The van der Waals surface area contributed by atoms with Crippen molar-refractivity contribution in [2.75, 3.05) is 5.32 Å². The molecule has 1 fully saturated rings. The summed E-state index contributed by atoms with van der Waals surface area (Å²) in [7, 11) is 0. The fraction of sp³-hybridized carbons (Fsp3) is 0.409. The molecular formula is C22H26N2O2. The molecule has 0 saturated heterocycles. The van der Waals surface area contributed by atoms with E-state index in [1.165, 1.54) is 11.1 Å². The number of amides is 2. The quantitative estimate of drug-likeness (QED) is 0.784. The zero-order valence-electron chi connectivity index (χ0n) is 14.9. The van der Waals surface area contributed by atoms with Gasteiger partial charge in [-0.3, -0.25) is 0 Å². The van der Waals surface area contributed by atoms with Gasteiger partial charge < -0.3 is 15.7 Å². The third-order valence-electron chi connectivity index (χ3n) is 5.75. The van der Waals surface area contributed by atoms with E-state index in [0.717, 1.165) is 43.4 Å². The Hall–Kier alpha value is -2.33. The van der Waals surface area contributed by atoms with Gasteiger partial charge in [0.1, 0.15) is 0 Å². The van der Waals surface area contributed by atoms with Crippen molar-refractivity contribution >= 4 is 11.7 Å². The van der Waals surface area contributed by atoms with Crippen molar-refractivity contribution in [2.24, 2.45) is 0 Å². The first-order chi connectivity index (χ1) is 12.7. The molecule has 136 valence electrons. The van der Waals surface area contributed by atoms with Crippen LogP contribution in [0.2, 0.25) is 0 Å². The van der Waals surface area contributed by atoms with Gasteiger partial charge in [0.05, 0.1) is 6.10 Å². The number of aryl methyl sites for hydroxylation is 1. The minimum absolute atomic E-state index is 0.142. The topological polar surface area (TPSA) is 61.4 Å². The molecule has 0 aromatic heterocycles. The van der Waals surface area contributed by atoms with Gasteiger partial charge in [-0.15, -0.1) is 0 Å². The Morgan fingerprint density at radius 1 is 1.00 bits per heavy atom. The highest BCUT2D eigenvalue weighted by molar-refractivity contribution is 5.90. The van der Waals surface area contributed by atoms with E-state index in [9.17, 15) is 9.90 Å². The van der Waals surface area contributed by atoms with Crippen LogP contribution in [-0.2, 0) is 12.8 Å². The minimum Gasteiger partial charge on any atom is -0.393 e. The summed E-state index contributed by atoms with van der Waals surface area (Å²) in [5, 5.41) is 16.1. The summed E-state index contributed by atoms with van der Waals surface area (Å²) in [5.74, 6) is 0.529. The second kappa shape index (κ2) is 7.50. The molecule has 0 spiro atoms. The molecule has 3 atom stereocenters. The van der Waals surface area contributed by atoms with Gasteiger partial charge in [0.25, 0.3) is 0 Å². The van der Waals surface area contributed by atoms with E-state index in [0.29, 0.717) is 12.3 Å². The molecule has 0 bridgehead atoms. The van der Waals surface area contributed by atoms with Crippen LogP contribution in [0.3, 0.4) is 0 Å². The first-order valence-electron chi connectivity index (χ1n) is 9.60. The SMILES string of the molecule is O=C(Nc1cccc2c1C[C@H](O)CC2)NC1CCC(c2ccccc2)C1. The summed E-state index contributed by atoms with van der Waals surface area (Å²) in [6.07, 6.45) is 5.09. The van der Waals surface area contributed by atoms with Crippen molar-refractivity contribution in [1.29, 1.82) is 0 Å². The molecule has 2 aliphatic carbocycles. The predicted octanol–water partition coefficient (Wildman–Crippen LogP) is 3.99. The van der Waals surface area contributed by atoms with Gasteiger partial charge in [-0.25, -0.2) is 4.79 Å². The maximum Gasteiger partial charge on any atom is 0.319 e. The van der Waals surface area contributed by atoms with Crippen molar-refractivity contribution in [3.05, 3.63) is 65.2 Å². The van der Waals surface area contributed by atoms with E-state index in [2.05, 4.69) is 41.0 Å². The Kier molecular flexibility index (Phi) is 4.93. The van der Waals surface area contributed by atoms with Gasteiger partial charge in [0, 0.05) is 18.2 Å². The van der Waals surface area contributed by atoms with Crippen LogP contribution in [0.4, 0.5) is 10.5 Å². The largest absolute Gasteiger partial charge is 0.393 e. The number of rotatable bonds is 3. The lowest BCUT2D eigenvalue weighted by atomic mass is 9.88. The Morgan fingerprint density at radius 3 is 2.69 bits per heavy atom. The number of hydrogen-bond donors (Lipinski definition) is 3. The molecule has 4 rings (SSSR count). The van der Waals surface area contributed by atoms with Gasteiger partial charge in [0.2, 0.25) is 0 Å². The molecule has 3 N–H and O–H groups in total. The maximum absolute atomic E-state index is 12.5. The van der Waals surface area contributed by atoms with Crippen LogP contribution in [0.15, 0.2) is 48.5 Å². The Balaban J connectivity index is 1.37. The number of aliphatic hydroxyl groups excluding tert-OH is 1. The highest BCUT2D eigenvalue weighted by Gasteiger charge is 2.27. The number of carbonyl (C=O) groups is 1. The van der Waals surface area contributed by atoms with E-state index in [1.807, 2.05) is 18.2 Å². The monoisotopic (exact) mass is 350 g/mol. The Morgan fingerprint density at radius 2 is 1.85 bits per heavy atom. The van der Waals surface area contributed by atoms with E-state index in [4.69, 9.17) is 0 Å². The van der Waals surface area contributed by atoms with Crippen molar-refractivity contribution in [1.82, 2.24) is 5.32 Å². The maximum atomic E-state index is 12.5. The van der Waals surface area contributed by atoms with Gasteiger partial charge in [-0.05, 0) is 60.8 Å². The normalized spacial score (nSPS) is 24.7. The summed E-state index contributed by atoms with van der Waals surface area (Å²) in [5.41, 5.74) is 4.51. The first-order valence-corrected chi connectivity index (χ1v) is 9.60. The predicted molar refractivity (Wildman–Crippen MR) is 103 cm³/mol. The number of anilines is 1. The van der Waals surface area contributed by atoms with Crippen LogP contribution in [-0.4, -0.2) is 23.3 Å². The van der Waals surface area contributed by atoms with Crippen molar-refractivity contribution in [3.63, 3.8) is 0 Å². The molecule has 26 heavy (non-hydrogen) atoms. The van der Waals surface area contributed by atoms with Gasteiger partial charge in [0.15, 0.2) is 0 Å². The molecule has 2 aliphatic rings. The standard InChI is InChI=1S/C22H26N2O2/c25-19-12-10-16-7-4-8-21(20(16)14-19)24-22(26)23-18-11-9-17(13-18)15-5-2-1-3-6-15/h1-8,17-19,25H,9-14H2,(H2,23,24,26)/t17?,18?,19-/m1/s1. The van der Waals surface area contributed by atoms with Crippen LogP contribution in [0.25, 0.3) is 0 Å². The smallest absolute Gasteiger partial charge is 0.319 e. The number of hydrogen-bond acceptors (Lipinski definition) is 2. The Bertz CT molecular complexity index is 775. The molecule has 0 heterocycles. The lowest BCUT2D eigenvalue weighted by molar-refractivity contribution is 0.159. The number of aliphatic hydroxyl groups is 1. The number of carbonyl (C=O) groups excluding carboxylic acids is 1. The van der Waals surface area contributed by atoms with Crippen molar-refractivity contribution in [3.8, 4) is 0 Å². The number of fused-ring (bicyclic) bond motifs is 1. The van der Waals surface area contributed by atoms with Crippen molar-refractivity contribution < 1.29 is 9.90 Å². The van der Waals surface area contributed by atoms with Gasteiger partial charge >= 0.3 is 6.03 Å². The number of urea groups is 1. The molecular weight excluding hydrogens is 324 g/mol. The van der Waals surface area contributed by atoms with Crippen molar-refractivity contribution in [2.45, 2.75) is 56.6 Å². The molecule has 2 unspecified atom stereocenters. The second-order valence-electron chi connectivity index (χ2n) is 7.56. The summed E-state index contributed by atoms with van der Waals surface area (Å²) < 4.78 is 0. The van der Waals surface area contributed by atoms with E-state index < -0.39 is 0 Å². The van der Waals surface area contributed by atoms with Crippen LogP contribution >= 0.6 is 0 Å². The highest BCUT2D eigenvalue weighted by atomic mass is 16.3. The zero-order chi connectivity index (χ0) is 17.9. The number of nitrogens with one attached hydrogen (secondary N) is 2. The average Bonchev–Trinajstić information content (AvgIpc) is 3.11. The van der Waals surface area contributed by atoms with Crippen LogP contribution in [0.1, 0.15) is 48.3 Å². The number of benzene rings is 2. The van der Waals surface area contributed by atoms with E-state index >= 15 is 0 Å². The van der Waals surface area contributed by atoms with Gasteiger partial charge in [-0.1, -0.05) is 42.5 Å². The van der Waals surface area contributed by atoms with E-state index in [1.54, 1.807) is 0 Å². The lowest BCUT2D eigenvalue weighted by Gasteiger charge is -2.24. The highest BCUT2D eigenvalue weighted by Crippen LogP contribution is 2.34. The third kappa shape index (κ3) is 3.75. The molecule has 4 nitrogen and oxygen atoms in total. The second-order valence-corrected chi connectivity index (χ2v) is 7.56. The molecule has 0 radical (unpaired) electrons. The first kappa shape index (κ1) is 17.1. The Labute approximate surface area is 154 Å². The molecule has 2 aromatic rings. The molecule has 1 saturated carbocycles. The van der Waals surface area contributed by atoms with Gasteiger partial charge in [-0.2, -0.15) is 0 Å². The molecule has 4 heteroatoms.